The number of nitrogens with zero attached hydrogens (tertiary/aromatic N) is 4. The van der Waals surface area contributed by atoms with Gasteiger partial charge in [0.05, 0.1) is 5.69 Å². The van der Waals surface area contributed by atoms with Crippen molar-refractivity contribution in [2.45, 2.75) is 13.0 Å². The van der Waals surface area contributed by atoms with Crippen molar-refractivity contribution in [2.75, 3.05) is 13.2 Å². The molecule has 1 N–H and O–H groups in total. The number of nitrogens with one attached hydrogen (secondary N) is 1. The normalized spacial score (nSPS) is 13.4. The molecule has 0 saturated carbocycles. The Kier molecular flexibility index (Phi) is 4.12. The predicted octanol–water partition coefficient (Wildman–Crippen LogP) is 1.83. The minimum Gasteiger partial charge on any atom is -0.453 e. The van der Waals surface area contributed by atoms with E-state index in [2.05, 4.69) is 20.2 Å². The highest BCUT2D eigenvalue weighted by molar-refractivity contribution is 5.78. The molecule has 0 aliphatic carbocycles. The first-order valence-corrected chi connectivity index (χ1v) is 8.10. The predicted molar refractivity (Wildman–Crippen MR) is 90.7 cm³/mol. The smallest absolute Gasteiger partial charge is 0.316 e. The van der Waals surface area contributed by atoms with E-state index in [0.717, 1.165) is 28.9 Å². The fourth-order valence-electron chi connectivity index (χ4n) is 2.92. The minimum atomic E-state index is -0.0849. The van der Waals surface area contributed by atoms with E-state index < -0.39 is 0 Å². The minimum absolute atomic E-state index is 0.0716. The van der Waals surface area contributed by atoms with Gasteiger partial charge >= 0.3 is 6.01 Å². The van der Waals surface area contributed by atoms with Crippen LogP contribution in [-0.2, 0) is 17.8 Å². The van der Waals surface area contributed by atoms with Crippen molar-refractivity contribution in [2.24, 2.45) is 0 Å². The molecule has 3 heterocycles. The highest BCUT2D eigenvalue weighted by atomic mass is 16.5. The van der Waals surface area contributed by atoms with E-state index in [-0.39, 0.29) is 18.5 Å². The third-order valence-electron chi connectivity index (χ3n) is 4.20. The van der Waals surface area contributed by atoms with Crippen LogP contribution in [0.3, 0.4) is 0 Å². The van der Waals surface area contributed by atoms with Crippen LogP contribution in [0.25, 0.3) is 11.3 Å². The fourth-order valence-corrected chi connectivity index (χ4v) is 2.92. The number of hydrogen-bond donors (Lipinski definition) is 1. The molecule has 1 amide bonds. The number of H-pyrrole nitrogens is 1. The molecular weight excluding hydrogens is 318 g/mol. The van der Waals surface area contributed by atoms with Crippen molar-refractivity contribution in [3.05, 3.63) is 60.0 Å². The molecule has 0 atom stereocenters. The molecule has 0 unspecified atom stereocenters. The maximum absolute atomic E-state index is 12.5. The van der Waals surface area contributed by atoms with Gasteiger partial charge in [0.25, 0.3) is 5.91 Å². The SMILES string of the molecule is O=C(COc1ncccn1)N1CCc2[nH]nc(-c3ccccc3)c2C1. The standard InChI is InChI=1S/C18H17N5O2/c24-16(12-25-18-19-8-4-9-20-18)23-10-7-15-14(11-23)17(22-21-15)13-5-2-1-3-6-13/h1-6,8-9H,7,10-12H2,(H,21,22). The van der Waals surface area contributed by atoms with Crippen molar-refractivity contribution in [1.82, 2.24) is 25.1 Å². The van der Waals surface area contributed by atoms with E-state index in [4.69, 9.17) is 4.74 Å². The van der Waals surface area contributed by atoms with Crippen LogP contribution in [0.15, 0.2) is 48.8 Å². The van der Waals surface area contributed by atoms with E-state index in [1.807, 2.05) is 30.3 Å². The van der Waals surface area contributed by atoms with Crippen LogP contribution in [0.5, 0.6) is 6.01 Å². The van der Waals surface area contributed by atoms with Gasteiger partial charge in [0.2, 0.25) is 0 Å². The van der Waals surface area contributed by atoms with Crippen LogP contribution >= 0.6 is 0 Å². The first-order chi connectivity index (χ1) is 12.3. The Morgan fingerprint density at radius 3 is 2.76 bits per heavy atom. The zero-order valence-corrected chi connectivity index (χ0v) is 13.6. The zero-order chi connectivity index (χ0) is 17.1. The third kappa shape index (κ3) is 3.21. The van der Waals surface area contributed by atoms with Crippen molar-refractivity contribution in [3.63, 3.8) is 0 Å². The van der Waals surface area contributed by atoms with Crippen LogP contribution in [0.2, 0.25) is 0 Å². The summed E-state index contributed by atoms with van der Waals surface area (Å²) in [5.41, 5.74) is 4.11. The molecule has 0 saturated heterocycles. The summed E-state index contributed by atoms with van der Waals surface area (Å²) in [4.78, 5) is 22.2. The number of carbonyl (C=O) groups is 1. The topological polar surface area (TPSA) is 84.0 Å². The lowest BCUT2D eigenvalue weighted by atomic mass is 10.0. The van der Waals surface area contributed by atoms with Gasteiger partial charge in [0.1, 0.15) is 0 Å². The average Bonchev–Trinajstić information content (AvgIpc) is 3.11. The Hall–Kier alpha value is -3.22. The largest absolute Gasteiger partial charge is 0.453 e. The van der Waals surface area contributed by atoms with Gasteiger partial charge in [-0.05, 0) is 6.07 Å². The first-order valence-electron chi connectivity index (χ1n) is 8.10. The van der Waals surface area contributed by atoms with Gasteiger partial charge in [-0.2, -0.15) is 5.10 Å². The van der Waals surface area contributed by atoms with E-state index in [1.54, 1.807) is 23.4 Å². The highest BCUT2D eigenvalue weighted by Gasteiger charge is 2.25. The van der Waals surface area contributed by atoms with Crippen molar-refractivity contribution in [1.29, 1.82) is 0 Å². The number of aromatic nitrogens is 4. The molecule has 25 heavy (non-hydrogen) atoms. The second-order valence-corrected chi connectivity index (χ2v) is 5.78. The Labute approximate surface area is 144 Å². The van der Waals surface area contributed by atoms with Crippen molar-refractivity contribution in [3.8, 4) is 17.3 Å². The molecule has 0 fully saturated rings. The first kappa shape index (κ1) is 15.3. The quantitative estimate of drug-likeness (QED) is 0.786. The summed E-state index contributed by atoms with van der Waals surface area (Å²) in [6.45, 7) is 1.09. The molecule has 1 aliphatic heterocycles. The van der Waals surface area contributed by atoms with Crippen molar-refractivity contribution < 1.29 is 9.53 Å². The van der Waals surface area contributed by atoms with E-state index in [0.29, 0.717) is 13.1 Å². The number of benzene rings is 1. The zero-order valence-electron chi connectivity index (χ0n) is 13.6. The molecule has 2 aromatic heterocycles. The molecule has 4 rings (SSSR count). The Morgan fingerprint density at radius 1 is 1.16 bits per heavy atom. The van der Waals surface area contributed by atoms with Crippen LogP contribution < -0.4 is 4.74 Å². The summed E-state index contributed by atoms with van der Waals surface area (Å²) in [5.74, 6) is -0.0849. The lowest BCUT2D eigenvalue weighted by molar-refractivity contribution is -0.134. The Morgan fingerprint density at radius 2 is 1.96 bits per heavy atom. The molecule has 7 nitrogen and oxygen atoms in total. The monoisotopic (exact) mass is 335 g/mol. The Balaban J connectivity index is 1.47. The van der Waals surface area contributed by atoms with Gasteiger partial charge in [-0.1, -0.05) is 30.3 Å². The van der Waals surface area contributed by atoms with Gasteiger partial charge in [0, 0.05) is 48.7 Å². The number of amides is 1. The van der Waals surface area contributed by atoms with E-state index in [1.165, 1.54) is 0 Å². The average molecular weight is 335 g/mol. The van der Waals surface area contributed by atoms with Crippen LogP contribution in [0.1, 0.15) is 11.3 Å². The molecule has 0 bridgehead atoms. The molecule has 126 valence electrons. The van der Waals surface area contributed by atoms with Gasteiger partial charge in [-0.15, -0.1) is 0 Å². The molecule has 0 radical (unpaired) electrons. The van der Waals surface area contributed by atoms with E-state index in [9.17, 15) is 4.79 Å². The molecule has 1 aromatic carbocycles. The summed E-state index contributed by atoms with van der Waals surface area (Å²) in [7, 11) is 0. The highest BCUT2D eigenvalue weighted by Crippen LogP contribution is 2.28. The Bertz CT molecular complexity index is 864. The number of ether oxygens (including phenoxy) is 1. The van der Waals surface area contributed by atoms with Crippen LogP contribution in [0, 0.1) is 0 Å². The van der Waals surface area contributed by atoms with Gasteiger partial charge in [0.15, 0.2) is 6.61 Å². The van der Waals surface area contributed by atoms with Crippen molar-refractivity contribution >= 4 is 5.91 Å². The van der Waals surface area contributed by atoms with Gasteiger partial charge < -0.3 is 9.64 Å². The number of hydrogen-bond acceptors (Lipinski definition) is 5. The summed E-state index contributed by atoms with van der Waals surface area (Å²) in [6.07, 6.45) is 3.91. The lowest BCUT2D eigenvalue weighted by Crippen LogP contribution is -2.38. The second-order valence-electron chi connectivity index (χ2n) is 5.78. The number of fused-ring (bicyclic) bond motifs is 1. The maximum atomic E-state index is 12.5. The maximum Gasteiger partial charge on any atom is 0.316 e. The van der Waals surface area contributed by atoms with Gasteiger partial charge in [-0.25, -0.2) is 9.97 Å². The van der Waals surface area contributed by atoms with E-state index >= 15 is 0 Å². The molecule has 0 spiro atoms. The van der Waals surface area contributed by atoms with Gasteiger partial charge in [-0.3, -0.25) is 9.89 Å². The molecule has 1 aliphatic rings. The number of carbonyl (C=O) groups excluding carboxylic acids is 1. The number of rotatable bonds is 4. The lowest BCUT2D eigenvalue weighted by Gasteiger charge is -2.27. The summed E-state index contributed by atoms with van der Waals surface area (Å²) in [5, 5.41) is 7.54. The summed E-state index contributed by atoms with van der Waals surface area (Å²) in [6, 6.07) is 11.9. The molecule has 3 aromatic rings. The van der Waals surface area contributed by atoms with Crippen LogP contribution in [0.4, 0.5) is 0 Å². The second kappa shape index (κ2) is 6.72. The molecular formula is C18H17N5O2. The fraction of sp³-hybridized carbons (Fsp3) is 0.222. The van der Waals surface area contributed by atoms with Crippen LogP contribution in [-0.4, -0.2) is 44.1 Å². The summed E-state index contributed by atoms with van der Waals surface area (Å²) >= 11 is 0. The molecule has 7 heteroatoms. The summed E-state index contributed by atoms with van der Waals surface area (Å²) < 4.78 is 5.37. The third-order valence-corrected chi connectivity index (χ3v) is 4.20. The number of aromatic amines is 1.